The third-order valence-electron chi connectivity index (χ3n) is 8.27. The van der Waals surface area contributed by atoms with Gasteiger partial charge in [0.2, 0.25) is 17.7 Å². The van der Waals surface area contributed by atoms with Gasteiger partial charge in [-0.25, -0.2) is 4.79 Å². The van der Waals surface area contributed by atoms with E-state index < -0.39 is 18.0 Å². The highest BCUT2D eigenvalue weighted by Gasteiger charge is 2.20. The lowest BCUT2D eigenvalue weighted by atomic mass is 10.0. The van der Waals surface area contributed by atoms with E-state index in [2.05, 4.69) is 16.0 Å². The van der Waals surface area contributed by atoms with Crippen molar-refractivity contribution in [1.29, 1.82) is 0 Å². The highest BCUT2D eigenvalue weighted by Crippen LogP contribution is 2.14. The van der Waals surface area contributed by atoms with Crippen LogP contribution < -0.4 is 16.0 Å². The van der Waals surface area contributed by atoms with Crippen molar-refractivity contribution in [2.45, 2.75) is 155 Å². The average Bonchev–Trinajstić information content (AvgIpc) is 3.13. The van der Waals surface area contributed by atoms with Crippen LogP contribution in [0.4, 0.5) is 0 Å². The summed E-state index contributed by atoms with van der Waals surface area (Å²) in [4.78, 5) is 67.1. The van der Waals surface area contributed by atoms with E-state index in [-0.39, 0.29) is 49.6 Å². The van der Waals surface area contributed by atoms with Gasteiger partial charge in [-0.3, -0.25) is 24.0 Å². The number of carbonyl (C=O) groups is 6. The standard InChI is InChI=1S/C27H50N2O6.C13H25NO6/c1-2-28-24(30)22-21-23(27(34)35)29-25(31)19-17-15-13-11-9-7-5-3-4-6-8-10-12-14-16-18-20-26(32)33;1-3-17-6-8-20-11-13(16)14-4-5-18-7-9-19-10-12(2)15/h23H,2-22H2,1H3,(H,28,30)(H,29,31)(H,32,33)(H,34,35);3-11H2,1-2H3,(H,14,16)/t23-;/m0./s1. The predicted octanol–water partition coefficient (Wildman–Crippen LogP) is 5.36. The topological polar surface area (TPSA) is 216 Å². The second-order valence-corrected chi connectivity index (χ2v) is 13.5. The smallest absolute Gasteiger partial charge is 0.326 e. The lowest BCUT2D eigenvalue weighted by molar-refractivity contribution is -0.142. The average molecular weight is 790 g/mol. The Balaban J connectivity index is 0. The summed E-state index contributed by atoms with van der Waals surface area (Å²) in [6.45, 7) is 8.93. The summed E-state index contributed by atoms with van der Waals surface area (Å²) in [5.41, 5.74) is 0. The lowest BCUT2D eigenvalue weighted by Crippen LogP contribution is -2.41. The van der Waals surface area contributed by atoms with Crippen molar-refractivity contribution in [1.82, 2.24) is 16.0 Å². The zero-order valence-electron chi connectivity index (χ0n) is 34.3. The number of ether oxygens (including phenoxy) is 4. The van der Waals surface area contributed by atoms with Gasteiger partial charge in [0.1, 0.15) is 19.3 Å². The summed E-state index contributed by atoms with van der Waals surface area (Å²) in [6.07, 6.45) is 19.2. The first kappa shape index (κ1) is 54.0. The van der Waals surface area contributed by atoms with E-state index in [1.54, 1.807) is 6.92 Å². The number of rotatable bonds is 39. The summed E-state index contributed by atoms with van der Waals surface area (Å²) in [6, 6.07) is -1.01. The van der Waals surface area contributed by atoms with Crippen molar-refractivity contribution >= 4 is 35.4 Å². The first-order valence-electron chi connectivity index (χ1n) is 20.6. The van der Waals surface area contributed by atoms with E-state index in [9.17, 15) is 33.9 Å². The molecule has 0 aliphatic carbocycles. The maximum absolute atomic E-state index is 12.0. The molecule has 1 atom stereocenters. The molecule has 322 valence electrons. The fourth-order valence-electron chi connectivity index (χ4n) is 5.30. The van der Waals surface area contributed by atoms with Crippen molar-refractivity contribution in [2.24, 2.45) is 0 Å². The van der Waals surface area contributed by atoms with Gasteiger partial charge in [-0.15, -0.1) is 0 Å². The molecule has 55 heavy (non-hydrogen) atoms. The molecule has 0 rings (SSSR count). The number of aliphatic carboxylic acids is 2. The van der Waals surface area contributed by atoms with Crippen molar-refractivity contribution in [3.05, 3.63) is 0 Å². The second-order valence-electron chi connectivity index (χ2n) is 13.5. The van der Waals surface area contributed by atoms with Crippen LogP contribution in [0.3, 0.4) is 0 Å². The Kier molecular flexibility index (Phi) is 41.2. The van der Waals surface area contributed by atoms with E-state index >= 15 is 0 Å². The first-order valence-corrected chi connectivity index (χ1v) is 20.6. The Hall–Kier alpha value is -3.14. The van der Waals surface area contributed by atoms with E-state index in [4.69, 9.17) is 24.1 Å². The molecule has 0 heterocycles. The maximum atomic E-state index is 12.0. The van der Waals surface area contributed by atoms with Crippen molar-refractivity contribution in [2.75, 3.05) is 65.9 Å². The van der Waals surface area contributed by atoms with Crippen LogP contribution in [0.2, 0.25) is 0 Å². The number of carboxylic acids is 2. The van der Waals surface area contributed by atoms with Gasteiger partial charge in [0.05, 0.1) is 33.0 Å². The molecule has 0 aliphatic heterocycles. The second kappa shape index (κ2) is 42.0. The summed E-state index contributed by atoms with van der Waals surface area (Å²) < 4.78 is 20.4. The van der Waals surface area contributed by atoms with Crippen molar-refractivity contribution in [3.8, 4) is 0 Å². The van der Waals surface area contributed by atoms with E-state index in [0.717, 1.165) is 38.5 Å². The number of nitrogens with one attached hydrogen (secondary N) is 3. The molecule has 0 bridgehead atoms. The third-order valence-corrected chi connectivity index (χ3v) is 8.27. The van der Waals surface area contributed by atoms with Crippen molar-refractivity contribution in [3.63, 3.8) is 0 Å². The zero-order valence-corrected chi connectivity index (χ0v) is 34.3. The Morgan fingerprint density at radius 3 is 1.45 bits per heavy atom. The number of ketones is 1. The van der Waals surface area contributed by atoms with Gasteiger partial charge in [0.15, 0.2) is 5.78 Å². The van der Waals surface area contributed by atoms with Crippen LogP contribution in [0.15, 0.2) is 0 Å². The fourth-order valence-corrected chi connectivity index (χ4v) is 5.30. The van der Waals surface area contributed by atoms with Crippen LogP contribution in [0, 0.1) is 0 Å². The molecule has 15 nitrogen and oxygen atoms in total. The molecule has 0 aromatic carbocycles. The maximum Gasteiger partial charge on any atom is 0.326 e. The fraction of sp³-hybridized carbons (Fsp3) is 0.850. The zero-order chi connectivity index (χ0) is 41.2. The monoisotopic (exact) mass is 790 g/mol. The number of hydrogen-bond donors (Lipinski definition) is 5. The van der Waals surface area contributed by atoms with Gasteiger partial charge < -0.3 is 45.1 Å². The van der Waals surface area contributed by atoms with Gasteiger partial charge >= 0.3 is 11.9 Å². The molecule has 0 unspecified atom stereocenters. The number of carbonyl (C=O) groups excluding carboxylic acids is 4. The van der Waals surface area contributed by atoms with E-state index in [0.29, 0.717) is 65.6 Å². The minimum Gasteiger partial charge on any atom is -0.481 e. The van der Waals surface area contributed by atoms with Crippen LogP contribution >= 0.6 is 0 Å². The molecule has 0 radical (unpaired) electrons. The largest absolute Gasteiger partial charge is 0.481 e. The first-order chi connectivity index (χ1) is 26.5. The van der Waals surface area contributed by atoms with E-state index in [1.165, 1.54) is 71.1 Å². The Bertz CT molecular complexity index is 983. The highest BCUT2D eigenvalue weighted by molar-refractivity contribution is 5.84. The summed E-state index contributed by atoms with van der Waals surface area (Å²) in [5, 5.41) is 25.7. The summed E-state index contributed by atoms with van der Waals surface area (Å²) in [7, 11) is 0. The molecule has 5 N–H and O–H groups in total. The van der Waals surface area contributed by atoms with Crippen LogP contribution in [0.25, 0.3) is 0 Å². The van der Waals surface area contributed by atoms with Gasteiger partial charge in [0, 0.05) is 39.0 Å². The minimum absolute atomic E-state index is 0.0124. The molecule has 0 spiro atoms. The molecular weight excluding hydrogens is 714 g/mol. The van der Waals surface area contributed by atoms with Crippen LogP contribution in [0.5, 0.6) is 0 Å². The summed E-state index contributed by atoms with van der Waals surface area (Å²) >= 11 is 0. The summed E-state index contributed by atoms with van der Waals surface area (Å²) in [5.74, 6) is -2.45. The number of amides is 3. The molecule has 0 saturated carbocycles. The molecule has 0 aromatic rings. The lowest BCUT2D eigenvalue weighted by Gasteiger charge is -2.14. The predicted molar refractivity (Wildman–Crippen MR) is 211 cm³/mol. The van der Waals surface area contributed by atoms with Gasteiger partial charge in [-0.2, -0.15) is 0 Å². The number of Topliss-reactive ketones (excluding diaryl/α,β-unsaturated/α-hetero) is 1. The minimum atomic E-state index is -1.10. The molecule has 0 fully saturated rings. The molecular formula is C40H75N3O12. The molecule has 0 aromatic heterocycles. The molecule has 3 amide bonds. The Morgan fingerprint density at radius 2 is 0.982 bits per heavy atom. The number of unbranched alkanes of at least 4 members (excludes halogenated alkanes) is 15. The van der Waals surface area contributed by atoms with Crippen LogP contribution in [-0.2, 0) is 47.7 Å². The van der Waals surface area contributed by atoms with Gasteiger partial charge in [-0.1, -0.05) is 89.9 Å². The highest BCUT2D eigenvalue weighted by atomic mass is 16.5. The number of carboxylic acid groups (broad SMARTS) is 2. The van der Waals surface area contributed by atoms with Gasteiger partial charge in [0.25, 0.3) is 0 Å². The normalized spacial score (nSPS) is 11.3. The molecule has 0 saturated heterocycles. The quantitative estimate of drug-likeness (QED) is 0.0498. The molecule has 0 aliphatic rings. The van der Waals surface area contributed by atoms with Gasteiger partial charge in [-0.05, 0) is 40.0 Å². The van der Waals surface area contributed by atoms with Crippen LogP contribution in [-0.4, -0.2) is 118 Å². The molecule has 15 heteroatoms. The van der Waals surface area contributed by atoms with E-state index in [1.807, 2.05) is 6.92 Å². The number of hydrogen-bond acceptors (Lipinski definition) is 10. The Morgan fingerprint density at radius 1 is 0.509 bits per heavy atom. The van der Waals surface area contributed by atoms with Crippen LogP contribution in [0.1, 0.15) is 149 Å². The van der Waals surface area contributed by atoms with Crippen molar-refractivity contribution < 1.29 is 57.9 Å². The SMILES string of the molecule is CCNC(=O)CC[C@H](NC(=O)CCCCCCCCCCCCCCCCCCC(=O)O)C(=O)O.CCOCCOCC(=O)NCCOCCOCC(C)=O. The Labute approximate surface area is 330 Å². The third kappa shape index (κ3) is 45.1.